The molecule has 3 aromatic rings. The summed E-state index contributed by atoms with van der Waals surface area (Å²) in [6.07, 6.45) is -3.67. The Kier molecular flexibility index (Phi) is 5.31. The third-order valence-corrected chi connectivity index (χ3v) is 4.86. The van der Waals surface area contributed by atoms with Gasteiger partial charge in [-0.1, -0.05) is 30.3 Å². The van der Waals surface area contributed by atoms with Gasteiger partial charge in [0.15, 0.2) is 0 Å². The molecule has 2 aromatic carbocycles. The molecule has 0 bridgehead atoms. The SMILES string of the molecule is Cc1[nH]c2ccccc2c1CCNCC(C)(O)c1cccc(C(F)(F)F)c1. The van der Waals surface area contributed by atoms with Crippen LogP contribution < -0.4 is 5.32 Å². The molecule has 1 heterocycles. The number of alkyl halides is 3. The fourth-order valence-electron chi connectivity index (χ4n) is 3.33. The number of nitrogens with one attached hydrogen (secondary N) is 2. The molecule has 0 spiro atoms. The Morgan fingerprint density at radius 1 is 1.04 bits per heavy atom. The Morgan fingerprint density at radius 3 is 2.48 bits per heavy atom. The number of para-hydroxylation sites is 1. The van der Waals surface area contributed by atoms with Crippen molar-refractivity contribution in [1.29, 1.82) is 0 Å². The van der Waals surface area contributed by atoms with Crippen LogP contribution in [-0.2, 0) is 18.2 Å². The number of hydrogen-bond donors (Lipinski definition) is 3. The van der Waals surface area contributed by atoms with Crippen molar-refractivity contribution in [3.05, 3.63) is 70.9 Å². The van der Waals surface area contributed by atoms with Gasteiger partial charge >= 0.3 is 6.18 Å². The molecule has 3 N–H and O–H groups in total. The fourth-order valence-corrected chi connectivity index (χ4v) is 3.33. The predicted molar refractivity (Wildman–Crippen MR) is 101 cm³/mol. The van der Waals surface area contributed by atoms with Crippen molar-refractivity contribution in [3.63, 3.8) is 0 Å². The molecule has 144 valence electrons. The van der Waals surface area contributed by atoms with Gasteiger partial charge in [-0.15, -0.1) is 0 Å². The van der Waals surface area contributed by atoms with Gasteiger partial charge in [-0.3, -0.25) is 0 Å². The minimum atomic E-state index is -4.42. The average molecular weight is 376 g/mol. The first-order valence-corrected chi connectivity index (χ1v) is 8.85. The summed E-state index contributed by atoms with van der Waals surface area (Å²) < 4.78 is 38.7. The molecule has 3 rings (SSSR count). The monoisotopic (exact) mass is 376 g/mol. The zero-order valence-corrected chi connectivity index (χ0v) is 15.3. The maximum atomic E-state index is 12.9. The lowest BCUT2D eigenvalue weighted by molar-refractivity contribution is -0.137. The predicted octanol–water partition coefficient (Wildman–Crippen LogP) is 4.53. The summed E-state index contributed by atoms with van der Waals surface area (Å²) in [4.78, 5) is 3.35. The molecule has 1 unspecified atom stereocenters. The molecule has 27 heavy (non-hydrogen) atoms. The Bertz CT molecular complexity index is 929. The Balaban J connectivity index is 1.63. The zero-order chi connectivity index (χ0) is 19.7. The standard InChI is InChI=1S/C21H23F3N2O/c1-14-17(18-8-3-4-9-19(18)26-14)10-11-25-13-20(2,27)15-6-5-7-16(12-15)21(22,23)24/h3-9,12,25-27H,10-11,13H2,1-2H3. The van der Waals surface area contributed by atoms with Crippen LogP contribution in [0.2, 0.25) is 0 Å². The number of halogens is 3. The lowest BCUT2D eigenvalue weighted by atomic mass is 9.94. The van der Waals surface area contributed by atoms with Crippen LogP contribution in [0.25, 0.3) is 10.9 Å². The molecule has 6 heteroatoms. The van der Waals surface area contributed by atoms with Gasteiger partial charge in [-0.25, -0.2) is 0 Å². The molecule has 1 atom stereocenters. The van der Waals surface area contributed by atoms with E-state index in [1.807, 2.05) is 25.1 Å². The molecule has 0 fully saturated rings. The minimum Gasteiger partial charge on any atom is -0.384 e. The summed E-state index contributed by atoms with van der Waals surface area (Å²) in [6.45, 7) is 4.31. The quantitative estimate of drug-likeness (QED) is 0.554. The number of H-pyrrole nitrogens is 1. The highest BCUT2D eigenvalue weighted by Gasteiger charge is 2.32. The third kappa shape index (κ3) is 4.34. The summed E-state index contributed by atoms with van der Waals surface area (Å²) in [5, 5.41) is 15.0. The molecule has 0 amide bonds. The van der Waals surface area contributed by atoms with Gasteiger partial charge in [0.25, 0.3) is 0 Å². The van der Waals surface area contributed by atoms with Crippen LogP contribution in [0.1, 0.15) is 29.3 Å². The minimum absolute atomic E-state index is 0.162. The van der Waals surface area contributed by atoms with Crippen molar-refractivity contribution >= 4 is 10.9 Å². The van der Waals surface area contributed by atoms with Crippen molar-refractivity contribution < 1.29 is 18.3 Å². The van der Waals surface area contributed by atoms with E-state index in [-0.39, 0.29) is 12.1 Å². The Morgan fingerprint density at radius 2 is 1.74 bits per heavy atom. The molecule has 0 aliphatic carbocycles. The van der Waals surface area contributed by atoms with Gasteiger partial charge in [0.2, 0.25) is 0 Å². The zero-order valence-electron chi connectivity index (χ0n) is 15.3. The van der Waals surface area contributed by atoms with Crippen LogP contribution in [0.4, 0.5) is 13.2 Å². The number of benzene rings is 2. The van der Waals surface area contributed by atoms with Crippen LogP contribution in [0, 0.1) is 6.92 Å². The molecule has 0 saturated carbocycles. The number of aliphatic hydroxyl groups is 1. The van der Waals surface area contributed by atoms with Gasteiger partial charge in [-0.05, 0) is 56.1 Å². The number of aromatic nitrogens is 1. The molecule has 0 saturated heterocycles. The highest BCUT2D eigenvalue weighted by molar-refractivity contribution is 5.84. The van der Waals surface area contributed by atoms with Crippen molar-refractivity contribution in [1.82, 2.24) is 10.3 Å². The van der Waals surface area contributed by atoms with Crippen molar-refractivity contribution in [2.75, 3.05) is 13.1 Å². The second-order valence-electron chi connectivity index (χ2n) is 7.05. The molecule has 1 aromatic heterocycles. The summed E-state index contributed by atoms with van der Waals surface area (Å²) in [5.74, 6) is 0. The fraction of sp³-hybridized carbons (Fsp3) is 0.333. The second-order valence-corrected chi connectivity index (χ2v) is 7.05. The summed E-state index contributed by atoms with van der Waals surface area (Å²) >= 11 is 0. The van der Waals surface area contributed by atoms with Crippen LogP contribution in [0.3, 0.4) is 0 Å². The van der Waals surface area contributed by atoms with Gasteiger partial charge in [-0.2, -0.15) is 13.2 Å². The third-order valence-electron chi connectivity index (χ3n) is 4.86. The van der Waals surface area contributed by atoms with E-state index in [0.29, 0.717) is 6.54 Å². The van der Waals surface area contributed by atoms with E-state index in [0.717, 1.165) is 29.8 Å². The number of rotatable bonds is 6. The van der Waals surface area contributed by atoms with E-state index in [4.69, 9.17) is 0 Å². The molecule has 0 aliphatic rings. The molecular formula is C21H23F3N2O. The lowest BCUT2D eigenvalue weighted by Crippen LogP contribution is -2.36. The highest BCUT2D eigenvalue weighted by Crippen LogP contribution is 2.32. The average Bonchev–Trinajstić information content (AvgIpc) is 2.93. The summed E-state index contributed by atoms with van der Waals surface area (Å²) in [6, 6.07) is 12.9. The Labute approximate surface area is 156 Å². The van der Waals surface area contributed by atoms with E-state index >= 15 is 0 Å². The van der Waals surface area contributed by atoms with Crippen molar-refractivity contribution in [3.8, 4) is 0 Å². The van der Waals surface area contributed by atoms with E-state index in [9.17, 15) is 18.3 Å². The summed E-state index contributed by atoms with van der Waals surface area (Å²) in [5.41, 5.74) is 1.49. The Hall–Kier alpha value is -2.31. The van der Waals surface area contributed by atoms with Gasteiger partial charge in [0.05, 0.1) is 11.2 Å². The number of hydrogen-bond acceptors (Lipinski definition) is 2. The van der Waals surface area contributed by atoms with Gasteiger partial charge < -0.3 is 15.4 Å². The van der Waals surface area contributed by atoms with Gasteiger partial charge in [0, 0.05) is 23.1 Å². The molecule has 0 aliphatic heterocycles. The number of fused-ring (bicyclic) bond motifs is 1. The maximum absolute atomic E-state index is 12.9. The smallest absolute Gasteiger partial charge is 0.384 e. The molecular weight excluding hydrogens is 353 g/mol. The normalized spacial score (nSPS) is 14.4. The first-order valence-electron chi connectivity index (χ1n) is 8.85. The van der Waals surface area contributed by atoms with Crippen LogP contribution in [0.15, 0.2) is 48.5 Å². The second kappa shape index (κ2) is 7.37. The van der Waals surface area contributed by atoms with Crippen molar-refractivity contribution in [2.24, 2.45) is 0 Å². The van der Waals surface area contributed by atoms with Crippen molar-refractivity contribution in [2.45, 2.75) is 32.0 Å². The number of aromatic amines is 1. The van der Waals surface area contributed by atoms with Crippen LogP contribution in [-0.4, -0.2) is 23.2 Å². The van der Waals surface area contributed by atoms with E-state index in [1.54, 1.807) is 0 Å². The molecule has 3 nitrogen and oxygen atoms in total. The van der Waals surface area contributed by atoms with Gasteiger partial charge in [0.1, 0.15) is 0 Å². The van der Waals surface area contributed by atoms with E-state index in [1.165, 1.54) is 30.0 Å². The topological polar surface area (TPSA) is 48.0 Å². The summed E-state index contributed by atoms with van der Waals surface area (Å²) in [7, 11) is 0. The first kappa shape index (κ1) is 19.5. The first-order chi connectivity index (χ1) is 12.7. The van der Waals surface area contributed by atoms with Crippen LogP contribution in [0.5, 0.6) is 0 Å². The van der Waals surface area contributed by atoms with E-state index in [2.05, 4.69) is 16.4 Å². The number of aryl methyl sites for hydroxylation is 1. The van der Waals surface area contributed by atoms with Crippen LogP contribution >= 0.6 is 0 Å². The lowest BCUT2D eigenvalue weighted by Gasteiger charge is -2.25. The highest BCUT2D eigenvalue weighted by atomic mass is 19.4. The largest absolute Gasteiger partial charge is 0.416 e. The maximum Gasteiger partial charge on any atom is 0.416 e. The van der Waals surface area contributed by atoms with E-state index < -0.39 is 17.3 Å². The molecule has 0 radical (unpaired) electrons.